The van der Waals surface area contributed by atoms with Crippen molar-refractivity contribution in [3.8, 4) is 11.5 Å². The van der Waals surface area contributed by atoms with Gasteiger partial charge >= 0.3 is 5.97 Å². The van der Waals surface area contributed by atoms with Crippen molar-refractivity contribution in [2.45, 2.75) is 19.8 Å². The van der Waals surface area contributed by atoms with Gasteiger partial charge in [-0.3, -0.25) is 9.59 Å². The Morgan fingerprint density at radius 1 is 0.885 bits per heavy atom. The molecule has 0 atom stereocenters. The van der Waals surface area contributed by atoms with Crippen LogP contribution in [0.25, 0.3) is 0 Å². The van der Waals surface area contributed by atoms with Gasteiger partial charge in [0.05, 0.1) is 13.0 Å². The molecular weight excluding hydrogens is 334 g/mol. The first-order valence-corrected chi connectivity index (χ1v) is 8.53. The van der Waals surface area contributed by atoms with E-state index in [4.69, 9.17) is 14.2 Å². The lowest BCUT2D eigenvalue weighted by Crippen LogP contribution is -2.14. The van der Waals surface area contributed by atoms with Gasteiger partial charge in [-0.2, -0.15) is 0 Å². The topological polar surface area (TPSA) is 73.9 Å². The highest BCUT2D eigenvalue weighted by Gasteiger charge is 2.08. The number of carbonyl (C=O) groups excluding carboxylic acids is 2. The van der Waals surface area contributed by atoms with Gasteiger partial charge in [0.2, 0.25) is 5.91 Å². The molecule has 138 valence electrons. The molecule has 0 fully saturated rings. The lowest BCUT2D eigenvalue weighted by Gasteiger charge is -2.10. The number of ether oxygens (including phenoxy) is 3. The van der Waals surface area contributed by atoms with Crippen molar-refractivity contribution in [2.24, 2.45) is 0 Å². The Labute approximate surface area is 153 Å². The van der Waals surface area contributed by atoms with Gasteiger partial charge in [0, 0.05) is 18.2 Å². The van der Waals surface area contributed by atoms with Crippen LogP contribution < -0.4 is 14.8 Å². The SMILES string of the molecule is CCOC(=O)CCC(=O)Nc1cccc(OCCOc2ccccc2)c1. The summed E-state index contributed by atoms with van der Waals surface area (Å²) in [7, 11) is 0. The Kier molecular flexibility index (Phi) is 7.99. The molecule has 0 aliphatic rings. The summed E-state index contributed by atoms with van der Waals surface area (Å²) in [5.74, 6) is 0.796. The number of hydrogen-bond donors (Lipinski definition) is 1. The first-order chi connectivity index (χ1) is 12.7. The van der Waals surface area contributed by atoms with E-state index in [0.717, 1.165) is 5.75 Å². The number of para-hydroxylation sites is 1. The minimum atomic E-state index is -0.377. The molecule has 2 rings (SSSR count). The number of esters is 1. The highest BCUT2D eigenvalue weighted by atomic mass is 16.5. The molecule has 0 radical (unpaired) electrons. The maximum atomic E-state index is 11.9. The predicted octanol–water partition coefficient (Wildman–Crippen LogP) is 3.43. The molecule has 0 saturated carbocycles. The van der Waals surface area contributed by atoms with Crippen molar-refractivity contribution in [1.29, 1.82) is 0 Å². The molecule has 2 aromatic carbocycles. The van der Waals surface area contributed by atoms with Crippen LogP contribution in [0, 0.1) is 0 Å². The highest BCUT2D eigenvalue weighted by Crippen LogP contribution is 2.18. The smallest absolute Gasteiger partial charge is 0.306 e. The predicted molar refractivity (Wildman–Crippen MR) is 98.4 cm³/mol. The van der Waals surface area contributed by atoms with Crippen LogP contribution in [0.4, 0.5) is 5.69 Å². The number of anilines is 1. The van der Waals surface area contributed by atoms with Gasteiger partial charge in [-0.1, -0.05) is 24.3 Å². The van der Waals surface area contributed by atoms with E-state index < -0.39 is 0 Å². The summed E-state index contributed by atoms with van der Waals surface area (Å²) < 4.78 is 16.0. The van der Waals surface area contributed by atoms with Crippen molar-refractivity contribution in [3.63, 3.8) is 0 Å². The lowest BCUT2D eigenvalue weighted by molar-refractivity contribution is -0.144. The largest absolute Gasteiger partial charge is 0.490 e. The molecule has 0 heterocycles. The van der Waals surface area contributed by atoms with Crippen molar-refractivity contribution in [1.82, 2.24) is 0 Å². The van der Waals surface area contributed by atoms with Crippen LogP contribution >= 0.6 is 0 Å². The maximum Gasteiger partial charge on any atom is 0.306 e. The lowest BCUT2D eigenvalue weighted by atomic mass is 10.2. The zero-order valence-corrected chi connectivity index (χ0v) is 14.8. The molecular formula is C20H23NO5. The van der Waals surface area contributed by atoms with Crippen molar-refractivity contribution >= 4 is 17.6 Å². The average Bonchev–Trinajstić information content (AvgIpc) is 2.65. The Hall–Kier alpha value is -3.02. The summed E-state index contributed by atoms with van der Waals surface area (Å²) in [6, 6.07) is 16.6. The second kappa shape index (κ2) is 10.8. The average molecular weight is 357 g/mol. The van der Waals surface area contributed by atoms with E-state index in [2.05, 4.69) is 5.32 Å². The molecule has 6 nitrogen and oxygen atoms in total. The number of carbonyl (C=O) groups is 2. The van der Waals surface area contributed by atoms with Crippen LogP contribution in [0.15, 0.2) is 54.6 Å². The molecule has 0 unspecified atom stereocenters. The molecule has 0 bridgehead atoms. The normalized spacial score (nSPS) is 10.0. The maximum absolute atomic E-state index is 11.9. The van der Waals surface area contributed by atoms with Crippen LogP contribution in [-0.2, 0) is 14.3 Å². The van der Waals surface area contributed by atoms with E-state index in [1.807, 2.05) is 30.3 Å². The molecule has 2 aromatic rings. The molecule has 0 aromatic heterocycles. The summed E-state index contributed by atoms with van der Waals surface area (Å²) >= 11 is 0. The quantitative estimate of drug-likeness (QED) is 0.521. The van der Waals surface area contributed by atoms with E-state index in [-0.39, 0.29) is 24.7 Å². The molecule has 6 heteroatoms. The second-order valence-corrected chi connectivity index (χ2v) is 5.39. The zero-order valence-electron chi connectivity index (χ0n) is 14.8. The third-order valence-corrected chi connectivity index (χ3v) is 3.34. The minimum absolute atomic E-state index is 0.0622. The molecule has 0 saturated heterocycles. The zero-order chi connectivity index (χ0) is 18.6. The number of benzene rings is 2. The Balaban J connectivity index is 1.73. The van der Waals surface area contributed by atoms with Crippen molar-refractivity contribution < 1.29 is 23.8 Å². The van der Waals surface area contributed by atoms with E-state index in [9.17, 15) is 9.59 Å². The summed E-state index contributed by atoms with van der Waals surface area (Å²) in [5, 5.41) is 2.74. The van der Waals surface area contributed by atoms with Gasteiger partial charge in [0.25, 0.3) is 0 Å². The highest BCUT2D eigenvalue weighted by molar-refractivity contribution is 5.92. The van der Waals surface area contributed by atoms with Gasteiger partial charge in [-0.25, -0.2) is 0 Å². The van der Waals surface area contributed by atoms with Gasteiger partial charge in [0.15, 0.2) is 0 Å². The molecule has 26 heavy (non-hydrogen) atoms. The number of amides is 1. The molecule has 0 spiro atoms. The summed E-state index contributed by atoms with van der Waals surface area (Å²) in [5.41, 5.74) is 0.611. The van der Waals surface area contributed by atoms with Crippen LogP contribution in [0.5, 0.6) is 11.5 Å². The molecule has 0 aliphatic heterocycles. The third-order valence-electron chi connectivity index (χ3n) is 3.34. The van der Waals surface area contributed by atoms with Crippen LogP contribution in [0.2, 0.25) is 0 Å². The third kappa shape index (κ3) is 7.25. The van der Waals surface area contributed by atoms with Crippen molar-refractivity contribution in [3.05, 3.63) is 54.6 Å². The Morgan fingerprint density at radius 3 is 2.31 bits per heavy atom. The fourth-order valence-electron chi connectivity index (χ4n) is 2.17. The van der Waals surface area contributed by atoms with Gasteiger partial charge in [-0.05, 0) is 31.2 Å². The van der Waals surface area contributed by atoms with Gasteiger partial charge < -0.3 is 19.5 Å². The van der Waals surface area contributed by atoms with Crippen LogP contribution in [0.3, 0.4) is 0 Å². The summed E-state index contributed by atoms with van der Waals surface area (Å²) in [4.78, 5) is 23.1. The number of rotatable bonds is 10. The monoisotopic (exact) mass is 357 g/mol. The minimum Gasteiger partial charge on any atom is -0.490 e. The Morgan fingerprint density at radius 2 is 1.58 bits per heavy atom. The van der Waals surface area contributed by atoms with Crippen LogP contribution in [0.1, 0.15) is 19.8 Å². The fourth-order valence-corrected chi connectivity index (χ4v) is 2.17. The first kappa shape index (κ1) is 19.3. The van der Waals surface area contributed by atoms with Gasteiger partial charge in [0.1, 0.15) is 24.7 Å². The fraction of sp³-hybridized carbons (Fsp3) is 0.300. The number of hydrogen-bond acceptors (Lipinski definition) is 5. The standard InChI is InChI=1S/C20H23NO5/c1-2-24-20(23)12-11-19(22)21-16-7-6-10-18(15-16)26-14-13-25-17-8-4-3-5-9-17/h3-10,15H,2,11-14H2,1H3,(H,21,22). The van der Waals surface area contributed by atoms with E-state index in [1.165, 1.54) is 0 Å². The van der Waals surface area contributed by atoms with Gasteiger partial charge in [-0.15, -0.1) is 0 Å². The van der Waals surface area contributed by atoms with Crippen LogP contribution in [-0.4, -0.2) is 31.7 Å². The van der Waals surface area contributed by atoms with E-state index >= 15 is 0 Å². The second-order valence-electron chi connectivity index (χ2n) is 5.39. The summed E-state index contributed by atoms with van der Waals surface area (Å²) in [6.45, 7) is 2.84. The molecule has 1 amide bonds. The number of nitrogens with one attached hydrogen (secondary N) is 1. The summed E-state index contributed by atoms with van der Waals surface area (Å²) in [6.07, 6.45) is 0.140. The first-order valence-electron chi connectivity index (χ1n) is 8.53. The molecule has 0 aliphatic carbocycles. The Bertz CT molecular complexity index is 702. The van der Waals surface area contributed by atoms with E-state index in [1.54, 1.807) is 31.2 Å². The van der Waals surface area contributed by atoms with E-state index in [0.29, 0.717) is 31.3 Å². The van der Waals surface area contributed by atoms with Crippen molar-refractivity contribution in [2.75, 3.05) is 25.1 Å². The molecule has 1 N–H and O–H groups in total.